The minimum Gasteiger partial charge on any atom is -0.271 e. The molecule has 25 heavy (non-hydrogen) atoms. The van der Waals surface area contributed by atoms with Crippen molar-refractivity contribution in [3.05, 3.63) is 70.2 Å². The maximum Gasteiger partial charge on any atom is 0.204 e. The molecule has 4 rings (SSSR count). The van der Waals surface area contributed by atoms with Crippen LogP contribution in [0.1, 0.15) is 42.9 Å². The molecule has 3 heterocycles. The summed E-state index contributed by atoms with van der Waals surface area (Å²) in [5.74, 6) is 0.426. The lowest BCUT2D eigenvalue weighted by atomic mass is 10.0. The van der Waals surface area contributed by atoms with E-state index in [-0.39, 0.29) is 11.9 Å². The van der Waals surface area contributed by atoms with Crippen LogP contribution in [0.5, 0.6) is 0 Å². The van der Waals surface area contributed by atoms with Gasteiger partial charge in [0, 0.05) is 11.8 Å². The molecule has 1 atom stereocenters. The number of halogens is 2. The number of hydrogen-bond acceptors (Lipinski definition) is 4. The smallest absolute Gasteiger partial charge is 0.204 e. The molecular formula is C18H15BrFN5. The van der Waals surface area contributed by atoms with Crippen LogP contribution in [0.3, 0.4) is 0 Å². The highest BCUT2D eigenvalue weighted by Gasteiger charge is 2.28. The summed E-state index contributed by atoms with van der Waals surface area (Å²) in [7, 11) is 0. The van der Waals surface area contributed by atoms with Crippen molar-refractivity contribution in [2.24, 2.45) is 4.99 Å². The lowest BCUT2D eigenvalue weighted by molar-refractivity contribution is 0.596. The SMILES string of the molecule is CCCC1N=C(c2ccccn2)c2cc(F)ccc2-n2c(Br)nnc21. The number of fused-ring (bicyclic) bond motifs is 3. The van der Waals surface area contributed by atoms with Crippen LogP contribution in [0.2, 0.25) is 0 Å². The molecule has 1 unspecified atom stereocenters. The molecule has 7 heteroatoms. The van der Waals surface area contributed by atoms with Gasteiger partial charge in [-0.15, -0.1) is 10.2 Å². The summed E-state index contributed by atoms with van der Waals surface area (Å²) < 4.78 is 16.5. The summed E-state index contributed by atoms with van der Waals surface area (Å²) >= 11 is 3.46. The third-order valence-corrected chi connectivity index (χ3v) is 4.67. The molecule has 0 bridgehead atoms. The summed E-state index contributed by atoms with van der Waals surface area (Å²) in [6.07, 6.45) is 3.48. The Labute approximate surface area is 152 Å². The van der Waals surface area contributed by atoms with Gasteiger partial charge < -0.3 is 0 Å². The van der Waals surface area contributed by atoms with E-state index in [0.29, 0.717) is 21.7 Å². The first kappa shape index (κ1) is 16.1. The van der Waals surface area contributed by atoms with Crippen LogP contribution in [-0.4, -0.2) is 25.5 Å². The molecule has 0 aliphatic carbocycles. The summed E-state index contributed by atoms with van der Waals surface area (Å²) in [4.78, 5) is 9.34. The Morgan fingerprint density at radius 2 is 2.08 bits per heavy atom. The second kappa shape index (κ2) is 6.48. The summed E-state index contributed by atoms with van der Waals surface area (Å²) in [5, 5.41) is 8.45. The minimum absolute atomic E-state index is 0.170. The standard InChI is InChI=1S/C18H15BrFN5/c1-2-5-14-17-23-24-18(19)25(17)15-8-7-11(20)10-12(15)16(22-14)13-6-3-4-9-21-13/h3-4,6-10,14H,2,5H2,1H3. The van der Waals surface area contributed by atoms with E-state index in [1.807, 2.05) is 22.8 Å². The summed E-state index contributed by atoms with van der Waals surface area (Å²) in [6.45, 7) is 2.10. The van der Waals surface area contributed by atoms with E-state index in [9.17, 15) is 4.39 Å². The van der Waals surface area contributed by atoms with E-state index in [0.717, 1.165) is 24.4 Å². The number of aliphatic imine (C=N–C) groups is 1. The molecule has 1 aliphatic rings. The first-order chi connectivity index (χ1) is 12.2. The van der Waals surface area contributed by atoms with Gasteiger partial charge in [-0.3, -0.25) is 14.5 Å². The first-order valence-electron chi connectivity index (χ1n) is 8.09. The molecule has 2 aromatic heterocycles. The highest BCUT2D eigenvalue weighted by Crippen LogP contribution is 2.34. The van der Waals surface area contributed by atoms with Gasteiger partial charge in [0.2, 0.25) is 4.73 Å². The number of rotatable bonds is 3. The van der Waals surface area contributed by atoms with Crippen LogP contribution in [0.25, 0.3) is 5.69 Å². The molecule has 0 saturated heterocycles. The molecule has 3 aromatic rings. The number of nitrogens with zero attached hydrogens (tertiary/aromatic N) is 5. The Balaban J connectivity index is 2.03. The van der Waals surface area contributed by atoms with Crippen molar-refractivity contribution in [3.8, 4) is 5.69 Å². The van der Waals surface area contributed by atoms with Gasteiger partial charge in [0.25, 0.3) is 0 Å². The quantitative estimate of drug-likeness (QED) is 0.660. The van der Waals surface area contributed by atoms with Crippen molar-refractivity contribution in [1.29, 1.82) is 0 Å². The molecule has 0 spiro atoms. The third-order valence-electron chi connectivity index (χ3n) is 4.16. The van der Waals surface area contributed by atoms with Gasteiger partial charge in [-0.2, -0.15) is 0 Å². The Kier molecular flexibility index (Phi) is 4.17. The lowest BCUT2D eigenvalue weighted by Gasteiger charge is -2.11. The van der Waals surface area contributed by atoms with Crippen LogP contribution in [-0.2, 0) is 0 Å². The molecule has 0 amide bonds. The van der Waals surface area contributed by atoms with Crippen molar-refractivity contribution in [2.45, 2.75) is 25.8 Å². The molecule has 1 aromatic carbocycles. The van der Waals surface area contributed by atoms with Crippen LogP contribution in [0, 0.1) is 5.82 Å². The molecule has 0 N–H and O–H groups in total. The second-order valence-corrected chi connectivity index (χ2v) is 6.53. The fraction of sp³-hybridized carbons (Fsp3) is 0.222. The summed E-state index contributed by atoms with van der Waals surface area (Å²) in [6, 6.07) is 10.1. The van der Waals surface area contributed by atoms with Gasteiger partial charge in [-0.05, 0) is 52.7 Å². The number of pyridine rings is 1. The van der Waals surface area contributed by atoms with Gasteiger partial charge in [-0.1, -0.05) is 19.4 Å². The van der Waals surface area contributed by atoms with E-state index in [4.69, 9.17) is 4.99 Å². The normalized spacial score (nSPS) is 16.0. The molecular weight excluding hydrogens is 385 g/mol. The van der Waals surface area contributed by atoms with Crippen LogP contribution in [0.15, 0.2) is 52.3 Å². The second-order valence-electron chi connectivity index (χ2n) is 5.82. The van der Waals surface area contributed by atoms with Gasteiger partial charge in [-0.25, -0.2) is 4.39 Å². The van der Waals surface area contributed by atoms with E-state index in [1.165, 1.54) is 12.1 Å². The average molecular weight is 400 g/mol. The summed E-state index contributed by atoms with van der Waals surface area (Å²) in [5.41, 5.74) is 2.85. The monoisotopic (exact) mass is 399 g/mol. The van der Waals surface area contributed by atoms with Crippen LogP contribution < -0.4 is 0 Å². The van der Waals surface area contributed by atoms with E-state index in [1.54, 1.807) is 12.3 Å². The van der Waals surface area contributed by atoms with Gasteiger partial charge in [0.1, 0.15) is 11.9 Å². The van der Waals surface area contributed by atoms with Crippen molar-refractivity contribution in [1.82, 2.24) is 19.7 Å². The zero-order valence-corrected chi connectivity index (χ0v) is 15.1. The number of aromatic nitrogens is 4. The van der Waals surface area contributed by atoms with Crippen molar-refractivity contribution >= 4 is 21.6 Å². The lowest BCUT2D eigenvalue weighted by Crippen LogP contribution is -2.09. The van der Waals surface area contributed by atoms with E-state index < -0.39 is 0 Å². The molecule has 0 saturated carbocycles. The topological polar surface area (TPSA) is 56.0 Å². The maximum absolute atomic E-state index is 14.0. The minimum atomic E-state index is -0.318. The Morgan fingerprint density at radius 1 is 1.20 bits per heavy atom. The predicted molar refractivity (Wildman–Crippen MR) is 96.5 cm³/mol. The fourth-order valence-corrected chi connectivity index (χ4v) is 3.52. The Hall–Kier alpha value is -2.41. The molecule has 0 fully saturated rings. The van der Waals surface area contributed by atoms with Gasteiger partial charge in [0.05, 0.1) is 17.1 Å². The van der Waals surface area contributed by atoms with Crippen molar-refractivity contribution < 1.29 is 4.39 Å². The van der Waals surface area contributed by atoms with Crippen LogP contribution in [0.4, 0.5) is 4.39 Å². The molecule has 1 aliphatic heterocycles. The van der Waals surface area contributed by atoms with E-state index in [2.05, 4.69) is 38.0 Å². The molecule has 0 radical (unpaired) electrons. The van der Waals surface area contributed by atoms with E-state index >= 15 is 0 Å². The van der Waals surface area contributed by atoms with Gasteiger partial charge in [0.15, 0.2) is 5.82 Å². The predicted octanol–water partition coefficient (Wildman–Crippen LogP) is 4.26. The maximum atomic E-state index is 14.0. The van der Waals surface area contributed by atoms with Crippen LogP contribution >= 0.6 is 15.9 Å². The zero-order valence-electron chi connectivity index (χ0n) is 13.5. The highest BCUT2D eigenvalue weighted by molar-refractivity contribution is 9.10. The van der Waals surface area contributed by atoms with Gasteiger partial charge >= 0.3 is 0 Å². The highest BCUT2D eigenvalue weighted by atomic mass is 79.9. The largest absolute Gasteiger partial charge is 0.271 e. The fourth-order valence-electron chi connectivity index (χ4n) is 3.06. The molecule has 126 valence electrons. The average Bonchev–Trinajstić information content (AvgIpc) is 2.94. The first-order valence-corrected chi connectivity index (χ1v) is 8.88. The third kappa shape index (κ3) is 2.78. The number of hydrogen-bond donors (Lipinski definition) is 0. The van der Waals surface area contributed by atoms with Crippen molar-refractivity contribution in [2.75, 3.05) is 0 Å². The Bertz CT molecular complexity index is 951. The van der Waals surface area contributed by atoms with Crippen molar-refractivity contribution in [3.63, 3.8) is 0 Å². The molecule has 5 nitrogen and oxygen atoms in total. The number of benzene rings is 1. The zero-order chi connectivity index (χ0) is 17.4. The Morgan fingerprint density at radius 3 is 2.84 bits per heavy atom.